The summed E-state index contributed by atoms with van der Waals surface area (Å²) >= 11 is 0. The van der Waals surface area contributed by atoms with Crippen LogP contribution in [0.15, 0.2) is 54.6 Å². The minimum Gasteiger partial charge on any atom is -0.493 e. The summed E-state index contributed by atoms with van der Waals surface area (Å²) in [6.07, 6.45) is 0.997. The average Bonchev–Trinajstić information content (AvgIpc) is 3.31. The Kier molecular flexibility index (Phi) is 9.20. The highest BCUT2D eigenvalue weighted by atomic mass is 19.1. The van der Waals surface area contributed by atoms with E-state index in [1.54, 1.807) is 35.5 Å². The smallest absolute Gasteiger partial charge is 0.161 e. The van der Waals surface area contributed by atoms with E-state index in [4.69, 9.17) is 23.7 Å². The molecular formula is C33H41FN2O5. The van der Waals surface area contributed by atoms with Crippen LogP contribution in [0.1, 0.15) is 34.9 Å². The van der Waals surface area contributed by atoms with Gasteiger partial charge in [0.1, 0.15) is 5.82 Å². The number of anilines is 1. The molecule has 220 valence electrons. The average molecular weight is 565 g/mol. The number of halogens is 1. The van der Waals surface area contributed by atoms with Crippen molar-refractivity contribution >= 4 is 5.69 Å². The largest absolute Gasteiger partial charge is 0.493 e. The lowest BCUT2D eigenvalue weighted by Crippen LogP contribution is -2.47. The van der Waals surface area contributed by atoms with Crippen LogP contribution < -0.4 is 23.8 Å². The minimum atomic E-state index is -0.199. The van der Waals surface area contributed by atoms with E-state index in [0.29, 0.717) is 18.1 Å². The first-order chi connectivity index (χ1) is 20.0. The number of benzene rings is 3. The molecule has 5 rings (SSSR count). The van der Waals surface area contributed by atoms with Crippen molar-refractivity contribution in [3.8, 4) is 23.0 Å². The second kappa shape index (κ2) is 13.0. The molecule has 0 saturated carbocycles. The third-order valence-electron chi connectivity index (χ3n) is 8.71. The van der Waals surface area contributed by atoms with E-state index in [1.165, 1.54) is 23.3 Å². The first kappa shape index (κ1) is 29.0. The molecule has 3 atom stereocenters. The third kappa shape index (κ3) is 5.95. The highest BCUT2D eigenvalue weighted by Gasteiger charge is 2.42. The van der Waals surface area contributed by atoms with E-state index in [-0.39, 0.29) is 23.6 Å². The lowest BCUT2D eigenvalue weighted by molar-refractivity contribution is 0.130. The van der Waals surface area contributed by atoms with Gasteiger partial charge >= 0.3 is 0 Å². The number of piperazine rings is 1. The molecule has 41 heavy (non-hydrogen) atoms. The standard InChI is InChI=1S/C33H41FN2O5/c1-37-21-28-25(12-13-35-14-16-36(17-15-35)24-9-7-23(34)8-10-24)26-19-31(40-4)32(41-5)20-27(26)33(28)22-6-11-29(38-2)30(18-22)39-3/h6-11,18-20,25,28,33H,12-17,21H2,1-5H3. The fourth-order valence-electron chi connectivity index (χ4n) is 6.65. The quantitative estimate of drug-likeness (QED) is 0.302. The van der Waals surface area contributed by atoms with Gasteiger partial charge in [0.15, 0.2) is 23.0 Å². The number of hydrogen-bond donors (Lipinski definition) is 0. The second-order valence-corrected chi connectivity index (χ2v) is 10.7. The zero-order valence-corrected chi connectivity index (χ0v) is 24.7. The summed E-state index contributed by atoms with van der Waals surface area (Å²) in [6, 6.07) is 17.3. The molecule has 0 bridgehead atoms. The summed E-state index contributed by atoms with van der Waals surface area (Å²) < 4.78 is 41.9. The second-order valence-electron chi connectivity index (χ2n) is 10.7. The Morgan fingerprint density at radius 1 is 0.707 bits per heavy atom. The molecule has 0 N–H and O–H groups in total. The fraction of sp³-hybridized carbons (Fsp3) is 0.455. The molecule has 1 fully saturated rings. The van der Waals surface area contributed by atoms with Crippen LogP contribution >= 0.6 is 0 Å². The first-order valence-electron chi connectivity index (χ1n) is 14.2. The monoisotopic (exact) mass is 564 g/mol. The summed E-state index contributed by atoms with van der Waals surface area (Å²) in [7, 11) is 8.47. The van der Waals surface area contributed by atoms with Crippen LogP contribution in [0.25, 0.3) is 0 Å². The topological polar surface area (TPSA) is 52.6 Å². The summed E-state index contributed by atoms with van der Waals surface area (Å²) in [6.45, 7) is 5.39. The van der Waals surface area contributed by atoms with Crippen molar-refractivity contribution < 1.29 is 28.1 Å². The Morgan fingerprint density at radius 3 is 1.93 bits per heavy atom. The van der Waals surface area contributed by atoms with Crippen molar-refractivity contribution in [2.45, 2.75) is 18.3 Å². The summed E-state index contributed by atoms with van der Waals surface area (Å²) in [4.78, 5) is 4.87. The van der Waals surface area contributed by atoms with Crippen LogP contribution in [-0.4, -0.2) is 79.8 Å². The number of ether oxygens (including phenoxy) is 5. The minimum absolute atomic E-state index is 0.102. The Morgan fingerprint density at radius 2 is 1.32 bits per heavy atom. The van der Waals surface area contributed by atoms with Gasteiger partial charge in [0, 0.05) is 50.8 Å². The summed E-state index contributed by atoms with van der Waals surface area (Å²) in [5, 5.41) is 0. The van der Waals surface area contributed by atoms with Crippen LogP contribution in [0.5, 0.6) is 23.0 Å². The molecule has 0 aromatic heterocycles. The van der Waals surface area contributed by atoms with Crippen molar-refractivity contribution in [1.82, 2.24) is 4.90 Å². The molecule has 7 nitrogen and oxygen atoms in total. The zero-order chi connectivity index (χ0) is 28.9. The molecule has 1 aliphatic carbocycles. The van der Waals surface area contributed by atoms with Crippen LogP contribution in [0.2, 0.25) is 0 Å². The van der Waals surface area contributed by atoms with E-state index in [1.807, 2.05) is 18.2 Å². The number of nitrogens with zero attached hydrogens (tertiary/aromatic N) is 2. The normalized spacial score (nSPS) is 20.5. The molecular weight excluding hydrogens is 523 g/mol. The van der Waals surface area contributed by atoms with Crippen molar-refractivity contribution in [3.63, 3.8) is 0 Å². The van der Waals surface area contributed by atoms with E-state index >= 15 is 0 Å². The van der Waals surface area contributed by atoms with Gasteiger partial charge in [0.25, 0.3) is 0 Å². The molecule has 2 aliphatic rings. The Hall–Kier alpha value is -3.49. The molecule has 3 unspecified atom stereocenters. The predicted octanol–water partition coefficient (Wildman–Crippen LogP) is 5.56. The van der Waals surface area contributed by atoms with Crippen LogP contribution in [0.4, 0.5) is 10.1 Å². The highest BCUT2D eigenvalue weighted by Crippen LogP contribution is 2.54. The molecule has 1 heterocycles. The molecule has 8 heteroatoms. The van der Waals surface area contributed by atoms with Crippen molar-refractivity contribution in [3.05, 3.63) is 77.1 Å². The lowest BCUT2D eigenvalue weighted by Gasteiger charge is -2.37. The molecule has 0 spiro atoms. The van der Waals surface area contributed by atoms with Crippen LogP contribution in [-0.2, 0) is 4.74 Å². The number of hydrogen-bond acceptors (Lipinski definition) is 7. The molecule has 1 aliphatic heterocycles. The highest BCUT2D eigenvalue weighted by molar-refractivity contribution is 5.57. The Bertz CT molecular complexity index is 1310. The third-order valence-corrected chi connectivity index (χ3v) is 8.71. The van der Waals surface area contributed by atoms with Gasteiger partial charge in [0.2, 0.25) is 0 Å². The van der Waals surface area contributed by atoms with E-state index in [2.05, 4.69) is 34.1 Å². The maximum Gasteiger partial charge on any atom is 0.161 e. The van der Waals surface area contributed by atoms with Crippen molar-refractivity contribution in [2.75, 3.05) is 79.8 Å². The SMILES string of the molecule is COCC1C(CCN2CCN(c3ccc(F)cc3)CC2)c2cc(OC)c(OC)cc2C1c1ccc(OC)c(OC)c1. The predicted molar refractivity (Wildman–Crippen MR) is 159 cm³/mol. The van der Waals surface area contributed by atoms with Gasteiger partial charge in [-0.25, -0.2) is 4.39 Å². The number of fused-ring (bicyclic) bond motifs is 1. The number of methoxy groups -OCH3 is 5. The van der Waals surface area contributed by atoms with Gasteiger partial charge < -0.3 is 28.6 Å². The van der Waals surface area contributed by atoms with Crippen molar-refractivity contribution in [2.24, 2.45) is 5.92 Å². The van der Waals surface area contributed by atoms with Gasteiger partial charge in [0.05, 0.1) is 35.0 Å². The molecule has 3 aromatic rings. The summed E-state index contributed by atoms with van der Waals surface area (Å²) in [5.41, 5.74) is 4.76. The zero-order valence-electron chi connectivity index (χ0n) is 24.7. The van der Waals surface area contributed by atoms with E-state index < -0.39 is 0 Å². The van der Waals surface area contributed by atoms with Gasteiger partial charge in [-0.15, -0.1) is 0 Å². The van der Waals surface area contributed by atoms with Gasteiger partial charge in [-0.05, 0) is 84.1 Å². The van der Waals surface area contributed by atoms with Crippen LogP contribution in [0.3, 0.4) is 0 Å². The summed E-state index contributed by atoms with van der Waals surface area (Å²) in [5.74, 6) is 3.30. The first-order valence-corrected chi connectivity index (χ1v) is 14.2. The van der Waals surface area contributed by atoms with Gasteiger partial charge in [-0.3, -0.25) is 4.90 Å². The Balaban J connectivity index is 1.41. The fourth-order valence-corrected chi connectivity index (χ4v) is 6.65. The lowest BCUT2D eigenvalue weighted by atomic mass is 9.81. The van der Waals surface area contributed by atoms with Crippen LogP contribution in [0, 0.1) is 11.7 Å². The van der Waals surface area contributed by atoms with Gasteiger partial charge in [-0.2, -0.15) is 0 Å². The van der Waals surface area contributed by atoms with E-state index in [0.717, 1.165) is 61.9 Å². The molecule has 3 aromatic carbocycles. The number of rotatable bonds is 11. The molecule has 0 amide bonds. The van der Waals surface area contributed by atoms with E-state index in [9.17, 15) is 4.39 Å². The molecule has 0 radical (unpaired) electrons. The van der Waals surface area contributed by atoms with Crippen molar-refractivity contribution in [1.29, 1.82) is 0 Å². The maximum atomic E-state index is 13.4. The molecule has 1 saturated heterocycles. The Labute approximate surface area is 242 Å². The maximum absolute atomic E-state index is 13.4. The van der Waals surface area contributed by atoms with Gasteiger partial charge in [-0.1, -0.05) is 6.07 Å².